The number of morpholine rings is 1. The van der Waals surface area contributed by atoms with Crippen molar-refractivity contribution < 1.29 is 9.66 Å². The van der Waals surface area contributed by atoms with E-state index in [0.717, 1.165) is 60.3 Å². The molecule has 2 aliphatic heterocycles. The second-order valence-corrected chi connectivity index (χ2v) is 9.18. The van der Waals surface area contributed by atoms with Crippen molar-refractivity contribution in [3.8, 4) is 0 Å². The summed E-state index contributed by atoms with van der Waals surface area (Å²) in [4.78, 5) is 15.5. The molecule has 0 amide bonds. The van der Waals surface area contributed by atoms with Crippen LogP contribution in [0.4, 0.5) is 22.7 Å². The average molecular weight is 506 g/mol. The van der Waals surface area contributed by atoms with Gasteiger partial charge in [0.2, 0.25) is 0 Å². The number of hydrogen-bond donors (Lipinski definition) is 0. The molecule has 0 aromatic heterocycles. The molecule has 0 bridgehead atoms. The number of nitro benzene ring substituents is 1. The molecule has 2 aliphatic rings. The van der Waals surface area contributed by atoms with Crippen LogP contribution in [0.5, 0.6) is 0 Å². The van der Waals surface area contributed by atoms with E-state index in [2.05, 4.69) is 46.2 Å². The van der Waals surface area contributed by atoms with E-state index in [4.69, 9.17) is 9.84 Å². The molecule has 4 aromatic rings. The van der Waals surface area contributed by atoms with Gasteiger partial charge in [0, 0.05) is 42.2 Å². The minimum absolute atomic E-state index is 0.0589. The van der Waals surface area contributed by atoms with Gasteiger partial charge >= 0.3 is 0 Å². The molecule has 38 heavy (non-hydrogen) atoms. The summed E-state index contributed by atoms with van der Waals surface area (Å²) in [7, 11) is 0. The molecule has 1 atom stereocenters. The van der Waals surface area contributed by atoms with E-state index in [9.17, 15) is 10.1 Å². The molecule has 0 aliphatic carbocycles. The van der Waals surface area contributed by atoms with Crippen molar-refractivity contribution in [1.29, 1.82) is 0 Å². The summed E-state index contributed by atoms with van der Waals surface area (Å²) in [6.07, 6.45) is -0.345. The lowest BCUT2D eigenvalue weighted by Gasteiger charge is -2.33. The Hall–Kier alpha value is -4.69. The molecular formula is C30H27N5O3. The number of para-hydroxylation sites is 1. The van der Waals surface area contributed by atoms with E-state index in [-0.39, 0.29) is 16.8 Å². The Labute approximate surface area is 221 Å². The van der Waals surface area contributed by atoms with Crippen molar-refractivity contribution >= 4 is 28.6 Å². The van der Waals surface area contributed by atoms with E-state index in [0.29, 0.717) is 0 Å². The van der Waals surface area contributed by atoms with Crippen LogP contribution in [0.2, 0.25) is 0 Å². The van der Waals surface area contributed by atoms with Crippen LogP contribution in [0.3, 0.4) is 0 Å². The monoisotopic (exact) mass is 505 g/mol. The number of amidine groups is 1. The van der Waals surface area contributed by atoms with Gasteiger partial charge in [-0.15, -0.1) is 0 Å². The summed E-state index contributed by atoms with van der Waals surface area (Å²) < 4.78 is 5.52. The third-order valence-corrected chi connectivity index (χ3v) is 6.87. The first-order valence-corrected chi connectivity index (χ1v) is 12.6. The number of non-ortho nitro benzene ring substituents is 1. The Morgan fingerprint density at radius 2 is 1.34 bits per heavy atom. The topological polar surface area (TPSA) is 74.5 Å². The van der Waals surface area contributed by atoms with Gasteiger partial charge in [0.1, 0.15) is 0 Å². The van der Waals surface area contributed by atoms with E-state index in [1.807, 2.05) is 65.7 Å². The maximum Gasteiger partial charge on any atom is 0.269 e. The summed E-state index contributed by atoms with van der Waals surface area (Å²) in [5, 5.41) is 18.5. The molecule has 190 valence electrons. The zero-order chi connectivity index (χ0) is 25.9. The zero-order valence-corrected chi connectivity index (χ0v) is 20.8. The molecule has 8 heteroatoms. The molecule has 1 unspecified atom stereocenters. The lowest BCUT2D eigenvalue weighted by Crippen LogP contribution is -2.37. The standard InChI is InChI=1S/C30H27N5O3/c36-35(37)28-13-11-24(12-14-28)30-33(26-17-15-25(16-18-26)32-19-21-38-22-20-32)29(23-7-3-1-4-8-23)31-34(30)27-9-5-2-6-10-27/h1-18,30H,19-22H2. The quantitative estimate of drug-likeness (QED) is 0.243. The number of hydrogen-bond acceptors (Lipinski definition) is 7. The molecule has 1 fully saturated rings. The number of nitrogens with zero attached hydrogens (tertiary/aromatic N) is 5. The fourth-order valence-corrected chi connectivity index (χ4v) is 4.96. The number of benzene rings is 4. The van der Waals surface area contributed by atoms with Crippen molar-refractivity contribution in [2.45, 2.75) is 6.17 Å². The van der Waals surface area contributed by atoms with Crippen molar-refractivity contribution in [2.24, 2.45) is 5.10 Å². The third-order valence-electron chi connectivity index (χ3n) is 6.87. The maximum atomic E-state index is 11.4. The SMILES string of the molecule is O=[N+]([O-])c1ccc(C2N(c3ccccc3)N=C(c3ccccc3)N2c2ccc(N3CCOCC3)cc2)cc1. The van der Waals surface area contributed by atoms with Gasteiger partial charge in [0.25, 0.3) is 5.69 Å². The van der Waals surface area contributed by atoms with Crippen LogP contribution < -0.4 is 14.8 Å². The van der Waals surface area contributed by atoms with Crippen LogP contribution in [0, 0.1) is 10.1 Å². The van der Waals surface area contributed by atoms with Crippen molar-refractivity contribution in [1.82, 2.24) is 0 Å². The fourth-order valence-electron chi connectivity index (χ4n) is 4.96. The Kier molecular flexibility index (Phi) is 6.46. The highest BCUT2D eigenvalue weighted by molar-refractivity contribution is 6.12. The number of nitro groups is 1. The van der Waals surface area contributed by atoms with Gasteiger partial charge < -0.3 is 9.64 Å². The Morgan fingerprint density at radius 3 is 1.97 bits per heavy atom. The van der Waals surface area contributed by atoms with Crippen LogP contribution in [0.15, 0.2) is 114 Å². The van der Waals surface area contributed by atoms with Crippen molar-refractivity contribution in [2.75, 3.05) is 41.1 Å². The lowest BCUT2D eigenvalue weighted by atomic mass is 10.1. The molecule has 4 aromatic carbocycles. The van der Waals surface area contributed by atoms with Gasteiger partial charge in [-0.1, -0.05) is 48.5 Å². The van der Waals surface area contributed by atoms with E-state index in [1.54, 1.807) is 12.1 Å². The lowest BCUT2D eigenvalue weighted by molar-refractivity contribution is -0.384. The van der Waals surface area contributed by atoms with Crippen LogP contribution in [0.1, 0.15) is 17.3 Å². The van der Waals surface area contributed by atoms with Crippen molar-refractivity contribution in [3.05, 3.63) is 130 Å². The molecule has 6 rings (SSSR count). The van der Waals surface area contributed by atoms with E-state index >= 15 is 0 Å². The second-order valence-electron chi connectivity index (χ2n) is 9.18. The van der Waals surface area contributed by atoms with Crippen molar-refractivity contribution in [3.63, 3.8) is 0 Å². The molecule has 1 saturated heterocycles. The van der Waals surface area contributed by atoms with Gasteiger partial charge in [0.15, 0.2) is 12.0 Å². The third kappa shape index (κ3) is 4.57. The minimum atomic E-state index is -0.374. The average Bonchev–Trinajstić information content (AvgIpc) is 3.39. The van der Waals surface area contributed by atoms with E-state index in [1.165, 1.54) is 0 Å². The van der Waals surface area contributed by atoms with Gasteiger partial charge in [-0.2, -0.15) is 5.10 Å². The first-order chi connectivity index (χ1) is 18.7. The number of anilines is 3. The summed E-state index contributed by atoms with van der Waals surface area (Å²) in [6, 6.07) is 35.4. The molecule has 0 radical (unpaired) electrons. The van der Waals surface area contributed by atoms with Gasteiger partial charge in [-0.05, 0) is 54.1 Å². The number of hydrazone groups is 1. The highest BCUT2D eigenvalue weighted by Crippen LogP contribution is 2.41. The molecule has 2 heterocycles. The first kappa shape index (κ1) is 23.7. The molecule has 8 nitrogen and oxygen atoms in total. The van der Waals surface area contributed by atoms with Crippen LogP contribution in [-0.2, 0) is 4.74 Å². The Morgan fingerprint density at radius 1 is 0.737 bits per heavy atom. The summed E-state index contributed by atoms with van der Waals surface area (Å²) >= 11 is 0. The Bertz CT molecular complexity index is 1420. The van der Waals surface area contributed by atoms with Gasteiger partial charge in [-0.25, -0.2) is 5.01 Å². The molecular weight excluding hydrogens is 478 g/mol. The van der Waals surface area contributed by atoms with Crippen LogP contribution in [0.25, 0.3) is 0 Å². The van der Waals surface area contributed by atoms with Crippen LogP contribution >= 0.6 is 0 Å². The predicted molar refractivity (Wildman–Crippen MR) is 150 cm³/mol. The minimum Gasteiger partial charge on any atom is -0.378 e. The summed E-state index contributed by atoms with van der Waals surface area (Å²) in [5.41, 5.74) is 4.99. The molecule has 0 N–H and O–H groups in total. The smallest absolute Gasteiger partial charge is 0.269 e. The second kappa shape index (κ2) is 10.4. The highest BCUT2D eigenvalue weighted by Gasteiger charge is 2.38. The largest absolute Gasteiger partial charge is 0.378 e. The van der Waals surface area contributed by atoms with Crippen LogP contribution in [-0.4, -0.2) is 37.1 Å². The summed E-state index contributed by atoms with van der Waals surface area (Å²) in [6.45, 7) is 3.19. The first-order valence-electron chi connectivity index (χ1n) is 12.6. The molecule has 0 spiro atoms. The summed E-state index contributed by atoms with van der Waals surface area (Å²) in [5.74, 6) is 0.803. The normalized spacial score (nSPS) is 17.4. The zero-order valence-electron chi connectivity index (χ0n) is 20.8. The molecule has 0 saturated carbocycles. The van der Waals surface area contributed by atoms with Gasteiger partial charge in [-0.3, -0.25) is 15.0 Å². The van der Waals surface area contributed by atoms with Gasteiger partial charge in [0.05, 0.1) is 23.8 Å². The maximum absolute atomic E-state index is 11.4. The highest BCUT2D eigenvalue weighted by atomic mass is 16.6. The number of ether oxygens (including phenoxy) is 1. The number of rotatable bonds is 6. The van der Waals surface area contributed by atoms with E-state index < -0.39 is 0 Å². The predicted octanol–water partition coefficient (Wildman–Crippen LogP) is 5.82. The Balaban J connectivity index is 1.47. The fraction of sp³-hybridized carbons (Fsp3) is 0.167.